The molecule has 2 fully saturated rings. The summed E-state index contributed by atoms with van der Waals surface area (Å²) in [6, 6.07) is 9.62. The van der Waals surface area contributed by atoms with Gasteiger partial charge in [-0.25, -0.2) is 4.98 Å². The Morgan fingerprint density at radius 1 is 1.03 bits per heavy atom. The number of anilines is 1. The number of amides is 2. The molecule has 0 unspecified atom stereocenters. The maximum atomic E-state index is 13.0. The number of carbonyl (C=O) groups excluding carboxylic acids is 2. The van der Waals surface area contributed by atoms with Crippen molar-refractivity contribution < 1.29 is 14.7 Å². The molecule has 2 aliphatic heterocycles. The van der Waals surface area contributed by atoms with Gasteiger partial charge in [0.25, 0.3) is 0 Å². The first kappa shape index (κ1) is 20.4. The minimum Gasteiger partial charge on any atom is -0.506 e. The van der Waals surface area contributed by atoms with Gasteiger partial charge >= 0.3 is 0 Å². The van der Waals surface area contributed by atoms with Crippen LogP contribution in [0.15, 0.2) is 30.3 Å². The van der Waals surface area contributed by atoms with Crippen LogP contribution in [-0.4, -0.2) is 71.0 Å². The standard InChI is InChI=1S/C23H30N4O3/c1-16(28)25(2)19-10-14-27(15-11-19)23(30)18-8-12-26(13-9-18)21-7-6-17-4-3-5-20(29)22(17)24-21/h3-7,18-19,29H,8-15H2,1-2H3. The van der Waals surface area contributed by atoms with Crippen LogP contribution in [-0.2, 0) is 9.59 Å². The number of likely N-dealkylation sites (tertiary alicyclic amines) is 1. The first-order valence-electron chi connectivity index (χ1n) is 10.8. The van der Waals surface area contributed by atoms with Gasteiger partial charge in [-0.1, -0.05) is 12.1 Å². The largest absolute Gasteiger partial charge is 0.506 e. The van der Waals surface area contributed by atoms with Crippen molar-refractivity contribution >= 4 is 28.5 Å². The molecule has 0 bridgehead atoms. The highest BCUT2D eigenvalue weighted by Crippen LogP contribution is 2.29. The Morgan fingerprint density at radius 3 is 2.40 bits per heavy atom. The van der Waals surface area contributed by atoms with Gasteiger partial charge in [-0.3, -0.25) is 9.59 Å². The molecule has 1 aromatic carbocycles. The fourth-order valence-corrected chi connectivity index (χ4v) is 4.64. The molecule has 4 rings (SSSR count). The Hall–Kier alpha value is -2.83. The number of benzene rings is 1. The third kappa shape index (κ3) is 4.06. The Balaban J connectivity index is 1.33. The van der Waals surface area contributed by atoms with Crippen LogP contribution in [0.4, 0.5) is 5.82 Å². The highest BCUT2D eigenvalue weighted by atomic mass is 16.3. The van der Waals surface area contributed by atoms with Gasteiger partial charge in [-0.2, -0.15) is 0 Å². The summed E-state index contributed by atoms with van der Waals surface area (Å²) in [7, 11) is 1.85. The van der Waals surface area contributed by atoms with E-state index in [1.807, 2.05) is 36.2 Å². The Morgan fingerprint density at radius 2 is 1.73 bits per heavy atom. The van der Waals surface area contributed by atoms with Crippen molar-refractivity contribution in [1.29, 1.82) is 0 Å². The first-order chi connectivity index (χ1) is 14.4. The highest BCUT2D eigenvalue weighted by Gasteiger charge is 2.32. The minimum absolute atomic E-state index is 0.0530. The molecule has 0 atom stereocenters. The zero-order chi connectivity index (χ0) is 21.3. The number of phenolic OH excluding ortho intramolecular Hbond substituents is 1. The molecule has 1 N–H and O–H groups in total. The molecule has 0 aliphatic carbocycles. The topological polar surface area (TPSA) is 77.0 Å². The van der Waals surface area contributed by atoms with Crippen molar-refractivity contribution in [3.8, 4) is 5.75 Å². The van der Waals surface area contributed by atoms with E-state index in [1.54, 1.807) is 17.9 Å². The van der Waals surface area contributed by atoms with Crippen LogP contribution in [0.25, 0.3) is 10.9 Å². The lowest BCUT2D eigenvalue weighted by molar-refractivity contribution is -0.138. The number of pyridine rings is 1. The molecular weight excluding hydrogens is 380 g/mol. The number of aromatic nitrogens is 1. The van der Waals surface area contributed by atoms with E-state index in [9.17, 15) is 14.7 Å². The van der Waals surface area contributed by atoms with Gasteiger partial charge in [0, 0.05) is 57.5 Å². The van der Waals surface area contributed by atoms with Crippen LogP contribution in [0.2, 0.25) is 0 Å². The van der Waals surface area contributed by atoms with Gasteiger partial charge in [0.1, 0.15) is 17.1 Å². The van der Waals surface area contributed by atoms with Crippen LogP contribution >= 0.6 is 0 Å². The molecular formula is C23H30N4O3. The molecule has 2 amide bonds. The number of hydrogen-bond donors (Lipinski definition) is 1. The van der Waals surface area contributed by atoms with E-state index >= 15 is 0 Å². The number of carbonyl (C=O) groups is 2. The molecule has 0 saturated carbocycles. The molecule has 7 heteroatoms. The molecule has 2 saturated heterocycles. The van der Waals surface area contributed by atoms with Crippen LogP contribution in [0, 0.1) is 5.92 Å². The van der Waals surface area contributed by atoms with Crippen LogP contribution < -0.4 is 4.90 Å². The molecule has 160 valence electrons. The number of nitrogens with zero attached hydrogens (tertiary/aromatic N) is 4. The van der Waals surface area contributed by atoms with Gasteiger partial charge in [0.2, 0.25) is 11.8 Å². The maximum absolute atomic E-state index is 13.0. The number of rotatable bonds is 3. The number of fused-ring (bicyclic) bond motifs is 1. The lowest BCUT2D eigenvalue weighted by Gasteiger charge is -2.39. The lowest BCUT2D eigenvalue weighted by Crippen LogP contribution is -2.49. The number of phenols is 1. The minimum atomic E-state index is 0.0530. The Kier molecular flexibility index (Phi) is 5.79. The van der Waals surface area contributed by atoms with Crippen LogP contribution in [0.3, 0.4) is 0 Å². The van der Waals surface area contributed by atoms with E-state index in [2.05, 4.69) is 9.88 Å². The van der Waals surface area contributed by atoms with Crippen molar-refractivity contribution in [3.63, 3.8) is 0 Å². The van der Waals surface area contributed by atoms with Gasteiger partial charge in [0.05, 0.1) is 0 Å². The normalized spacial score (nSPS) is 18.6. The second kappa shape index (κ2) is 8.50. The van der Waals surface area contributed by atoms with Gasteiger partial charge in [-0.05, 0) is 43.9 Å². The van der Waals surface area contributed by atoms with Crippen LogP contribution in [0.1, 0.15) is 32.6 Å². The van der Waals surface area contributed by atoms with E-state index in [0.29, 0.717) is 5.52 Å². The maximum Gasteiger partial charge on any atom is 0.225 e. The van der Waals surface area contributed by atoms with Gasteiger partial charge < -0.3 is 19.8 Å². The van der Waals surface area contributed by atoms with Crippen molar-refractivity contribution in [2.75, 3.05) is 38.1 Å². The summed E-state index contributed by atoms with van der Waals surface area (Å²) in [4.78, 5) is 35.2. The molecule has 1 aromatic heterocycles. The molecule has 7 nitrogen and oxygen atoms in total. The number of piperidine rings is 2. The van der Waals surface area contributed by atoms with Crippen molar-refractivity contribution in [1.82, 2.24) is 14.8 Å². The molecule has 30 heavy (non-hydrogen) atoms. The Bertz CT molecular complexity index is 931. The predicted molar refractivity (Wildman–Crippen MR) is 116 cm³/mol. The summed E-state index contributed by atoms with van der Waals surface area (Å²) in [6.45, 7) is 4.62. The van der Waals surface area contributed by atoms with Crippen molar-refractivity contribution in [3.05, 3.63) is 30.3 Å². The average Bonchev–Trinajstić information content (AvgIpc) is 2.78. The van der Waals surface area contributed by atoms with E-state index in [-0.39, 0.29) is 29.5 Å². The number of para-hydroxylation sites is 1. The summed E-state index contributed by atoms with van der Waals surface area (Å²) in [6.07, 6.45) is 3.33. The molecule has 3 heterocycles. The molecule has 2 aliphatic rings. The smallest absolute Gasteiger partial charge is 0.225 e. The van der Waals surface area contributed by atoms with Crippen molar-refractivity contribution in [2.24, 2.45) is 5.92 Å². The number of aromatic hydroxyl groups is 1. The quantitative estimate of drug-likeness (QED) is 0.842. The third-order valence-electron chi connectivity index (χ3n) is 6.67. The van der Waals surface area contributed by atoms with E-state index in [0.717, 1.165) is 63.1 Å². The predicted octanol–water partition coefficient (Wildman–Crippen LogP) is 2.63. The first-order valence-corrected chi connectivity index (χ1v) is 10.8. The van der Waals surface area contributed by atoms with E-state index in [1.165, 1.54) is 0 Å². The number of hydrogen-bond acceptors (Lipinski definition) is 5. The fraction of sp³-hybridized carbons (Fsp3) is 0.522. The average molecular weight is 411 g/mol. The zero-order valence-corrected chi connectivity index (χ0v) is 17.8. The van der Waals surface area contributed by atoms with Gasteiger partial charge in [0.15, 0.2) is 0 Å². The second-order valence-corrected chi connectivity index (χ2v) is 8.47. The molecule has 0 spiro atoms. The third-order valence-corrected chi connectivity index (χ3v) is 6.67. The Labute approximate surface area is 177 Å². The summed E-state index contributed by atoms with van der Waals surface area (Å²) in [5.74, 6) is 1.43. The zero-order valence-electron chi connectivity index (χ0n) is 17.8. The lowest BCUT2D eigenvalue weighted by atomic mass is 9.93. The summed E-state index contributed by atoms with van der Waals surface area (Å²) in [5, 5.41) is 11.0. The second-order valence-electron chi connectivity index (χ2n) is 8.47. The van der Waals surface area contributed by atoms with Crippen LogP contribution in [0.5, 0.6) is 5.75 Å². The summed E-state index contributed by atoms with van der Waals surface area (Å²) in [5.41, 5.74) is 0.617. The SMILES string of the molecule is CC(=O)N(C)C1CCN(C(=O)C2CCN(c3ccc4cccc(O)c4n3)CC2)CC1. The van der Waals surface area contributed by atoms with E-state index < -0.39 is 0 Å². The molecule has 2 aromatic rings. The summed E-state index contributed by atoms with van der Waals surface area (Å²) < 4.78 is 0. The van der Waals surface area contributed by atoms with Crippen molar-refractivity contribution in [2.45, 2.75) is 38.6 Å². The highest BCUT2D eigenvalue weighted by molar-refractivity contribution is 5.85. The monoisotopic (exact) mass is 410 g/mol. The molecule has 0 radical (unpaired) electrons. The fourth-order valence-electron chi connectivity index (χ4n) is 4.64. The van der Waals surface area contributed by atoms with Gasteiger partial charge in [-0.15, -0.1) is 0 Å². The summed E-state index contributed by atoms with van der Waals surface area (Å²) >= 11 is 0. The van der Waals surface area contributed by atoms with E-state index in [4.69, 9.17) is 0 Å².